The van der Waals surface area contributed by atoms with E-state index >= 15 is 0 Å². The lowest BCUT2D eigenvalue weighted by Crippen LogP contribution is -2.24. The molecule has 3 aromatic rings. The van der Waals surface area contributed by atoms with Crippen LogP contribution in [0.25, 0.3) is 11.4 Å². The maximum absolute atomic E-state index is 5.49. The smallest absolute Gasteiger partial charge is 0.227 e. The van der Waals surface area contributed by atoms with Crippen molar-refractivity contribution in [1.82, 2.24) is 25.6 Å². The van der Waals surface area contributed by atoms with Crippen LogP contribution in [-0.4, -0.2) is 26.8 Å². The Bertz CT molecular complexity index is 899. The van der Waals surface area contributed by atoms with Crippen molar-refractivity contribution >= 4 is 12.4 Å². The monoisotopic (exact) mass is 375 g/mol. The second kappa shape index (κ2) is 7.55. The van der Waals surface area contributed by atoms with Crippen LogP contribution in [0.4, 0.5) is 0 Å². The molecular formula is C18H22ClN5O2. The molecule has 0 saturated heterocycles. The Morgan fingerprint density at radius 1 is 1.08 bits per heavy atom. The maximum atomic E-state index is 5.49. The molecule has 3 aromatic heterocycles. The highest BCUT2D eigenvalue weighted by molar-refractivity contribution is 5.85. The van der Waals surface area contributed by atoms with Gasteiger partial charge in [-0.15, -0.1) is 12.4 Å². The van der Waals surface area contributed by atoms with Crippen molar-refractivity contribution in [2.24, 2.45) is 0 Å². The predicted octanol–water partition coefficient (Wildman–Crippen LogP) is 2.90. The summed E-state index contributed by atoms with van der Waals surface area (Å²) in [6.07, 6.45) is 4.34. The Balaban J connectivity index is 0.00000196. The molecule has 138 valence electrons. The van der Waals surface area contributed by atoms with Crippen LogP contribution in [0.5, 0.6) is 0 Å². The van der Waals surface area contributed by atoms with Gasteiger partial charge < -0.3 is 14.4 Å². The molecule has 0 aliphatic carbocycles. The van der Waals surface area contributed by atoms with E-state index in [9.17, 15) is 0 Å². The number of nitrogens with one attached hydrogen (secondary N) is 1. The van der Waals surface area contributed by atoms with Gasteiger partial charge in [0.2, 0.25) is 11.7 Å². The third-order valence-corrected chi connectivity index (χ3v) is 4.79. The minimum absolute atomic E-state index is 0. The lowest BCUT2D eigenvalue weighted by Gasteiger charge is -2.19. The van der Waals surface area contributed by atoms with Crippen LogP contribution in [0.15, 0.2) is 15.2 Å². The fourth-order valence-electron chi connectivity index (χ4n) is 3.42. The second-order valence-electron chi connectivity index (χ2n) is 6.46. The summed E-state index contributed by atoms with van der Waals surface area (Å²) in [4.78, 5) is 9.12. The van der Waals surface area contributed by atoms with Gasteiger partial charge in [0.25, 0.3) is 0 Å². The van der Waals surface area contributed by atoms with Crippen LogP contribution in [0.1, 0.15) is 39.7 Å². The lowest BCUT2D eigenvalue weighted by atomic mass is 9.95. The molecule has 4 rings (SSSR count). The SMILES string of the molecule is Cc1noc(C)c1CCc1nc(-c2c(C)ncc3c2CCNC3)no1.Cl. The van der Waals surface area contributed by atoms with Crippen LogP contribution in [-0.2, 0) is 25.8 Å². The summed E-state index contributed by atoms with van der Waals surface area (Å²) in [5, 5.41) is 11.6. The molecule has 8 heteroatoms. The second-order valence-corrected chi connectivity index (χ2v) is 6.46. The first-order chi connectivity index (χ1) is 12.1. The number of aromatic nitrogens is 4. The van der Waals surface area contributed by atoms with Crippen LogP contribution >= 0.6 is 12.4 Å². The van der Waals surface area contributed by atoms with Gasteiger partial charge in [-0.2, -0.15) is 4.98 Å². The number of aryl methyl sites for hydroxylation is 4. The standard InChI is InChI=1S/C18H21N5O2.ClH/c1-10-14(12(3)24-22-10)4-5-16-21-18(23-25-16)17-11(2)20-9-13-8-19-7-6-15(13)17;/h9,19H,4-8H2,1-3H3;1H. The molecule has 1 N–H and O–H groups in total. The minimum atomic E-state index is 0. The Kier molecular flexibility index (Phi) is 5.38. The van der Waals surface area contributed by atoms with Gasteiger partial charge in [-0.3, -0.25) is 4.98 Å². The zero-order valence-corrected chi connectivity index (χ0v) is 15.9. The van der Waals surface area contributed by atoms with Gasteiger partial charge in [0.05, 0.1) is 5.69 Å². The van der Waals surface area contributed by atoms with Gasteiger partial charge in [-0.1, -0.05) is 10.3 Å². The molecular weight excluding hydrogens is 354 g/mol. The summed E-state index contributed by atoms with van der Waals surface area (Å²) < 4.78 is 10.7. The first-order valence-corrected chi connectivity index (χ1v) is 8.56. The van der Waals surface area contributed by atoms with Crippen molar-refractivity contribution in [3.63, 3.8) is 0 Å². The fraction of sp³-hybridized carbons (Fsp3) is 0.444. The Morgan fingerprint density at radius 3 is 2.69 bits per heavy atom. The molecule has 0 saturated carbocycles. The van der Waals surface area contributed by atoms with Crippen molar-refractivity contribution < 1.29 is 9.05 Å². The quantitative estimate of drug-likeness (QED) is 0.749. The number of pyridine rings is 1. The lowest BCUT2D eigenvalue weighted by molar-refractivity contribution is 0.377. The molecule has 0 radical (unpaired) electrons. The van der Waals surface area contributed by atoms with Crippen LogP contribution in [0.3, 0.4) is 0 Å². The van der Waals surface area contributed by atoms with Crippen molar-refractivity contribution in [2.75, 3.05) is 6.54 Å². The third-order valence-electron chi connectivity index (χ3n) is 4.79. The van der Waals surface area contributed by atoms with Gasteiger partial charge in [0.1, 0.15) is 5.76 Å². The average molecular weight is 376 g/mol. The van der Waals surface area contributed by atoms with Gasteiger partial charge in [0.15, 0.2) is 0 Å². The van der Waals surface area contributed by atoms with E-state index in [0.717, 1.165) is 54.2 Å². The summed E-state index contributed by atoms with van der Waals surface area (Å²) in [5.41, 5.74) is 6.49. The largest absolute Gasteiger partial charge is 0.361 e. The van der Waals surface area contributed by atoms with Gasteiger partial charge >= 0.3 is 0 Å². The summed E-state index contributed by atoms with van der Waals surface area (Å²) in [6, 6.07) is 0. The van der Waals surface area contributed by atoms with Gasteiger partial charge in [0, 0.05) is 36.0 Å². The Hall–Kier alpha value is -2.25. The van der Waals surface area contributed by atoms with E-state index in [1.54, 1.807) is 0 Å². The van der Waals surface area contributed by atoms with Crippen molar-refractivity contribution in [1.29, 1.82) is 0 Å². The molecule has 0 atom stereocenters. The fourth-order valence-corrected chi connectivity index (χ4v) is 3.42. The van der Waals surface area contributed by atoms with Crippen molar-refractivity contribution in [2.45, 2.75) is 46.6 Å². The molecule has 0 spiro atoms. The minimum Gasteiger partial charge on any atom is -0.361 e. The molecule has 1 aliphatic rings. The number of hydrogen-bond donors (Lipinski definition) is 1. The number of halogens is 1. The highest BCUT2D eigenvalue weighted by Gasteiger charge is 2.21. The molecule has 0 unspecified atom stereocenters. The van der Waals surface area contributed by atoms with Gasteiger partial charge in [-0.05, 0) is 51.3 Å². The normalized spacial score (nSPS) is 13.3. The zero-order chi connectivity index (χ0) is 17.4. The van der Waals surface area contributed by atoms with E-state index < -0.39 is 0 Å². The van der Waals surface area contributed by atoms with E-state index in [2.05, 4.69) is 25.6 Å². The first kappa shape index (κ1) is 18.5. The maximum Gasteiger partial charge on any atom is 0.227 e. The van der Waals surface area contributed by atoms with Crippen molar-refractivity contribution in [3.05, 3.63) is 45.9 Å². The van der Waals surface area contributed by atoms with Gasteiger partial charge in [-0.25, -0.2) is 0 Å². The zero-order valence-electron chi connectivity index (χ0n) is 15.1. The molecule has 4 heterocycles. The molecule has 1 aliphatic heterocycles. The molecule has 26 heavy (non-hydrogen) atoms. The van der Waals surface area contributed by atoms with Crippen molar-refractivity contribution in [3.8, 4) is 11.4 Å². The van der Waals surface area contributed by atoms with Crippen LogP contribution in [0, 0.1) is 20.8 Å². The highest BCUT2D eigenvalue weighted by Crippen LogP contribution is 2.28. The van der Waals surface area contributed by atoms with E-state index in [1.165, 1.54) is 11.1 Å². The highest BCUT2D eigenvalue weighted by atomic mass is 35.5. The van der Waals surface area contributed by atoms with E-state index in [1.807, 2.05) is 27.0 Å². The number of hydrogen-bond acceptors (Lipinski definition) is 7. The number of fused-ring (bicyclic) bond motifs is 1. The van der Waals surface area contributed by atoms with E-state index in [-0.39, 0.29) is 12.4 Å². The molecule has 0 fully saturated rings. The van der Waals surface area contributed by atoms with E-state index in [4.69, 9.17) is 9.05 Å². The predicted molar refractivity (Wildman–Crippen MR) is 98.3 cm³/mol. The number of nitrogens with zero attached hydrogens (tertiary/aromatic N) is 4. The summed E-state index contributed by atoms with van der Waals surface area (Å²) >= 11 is 0. The molecule has 0 aromatic carbocycles. The Labute approximate surface area is 158 Å². The topological polar surface area (TPSA) is 89.9 Å². The first-order valence-electron chi connectivity index (χ1n) is 8.56. The molecule has 0 bridgehead atoms. The number of rotatable bonds is 4. The third kappa shape index (κ3) is 3.37. The Morgan fingerprint density at radius 2 is 1.92 bits per heavy atom. The van der Waals surface area contributed by atoms with Crippen LogP contribution < -0.4 is 5.32 Å². The van der Waals surface area contributed by atoms with Crippen LogP contribution in [0.2, 0.25) is 0 Å². The summed E-state index contributed by atoms with van der Waals surface area (Å²) in [7, 11) is 0. The summed E-state index contributed by atoms with van der Waals surface area (Å²) in [5.74, 6) is 2.11. The summed E-state index contributed by atoms with van der Waals surface area (Å²) in [6.45, 7) is 7.67. The molecule has 0 amide bonds. The van der Waals surface area contributed by atoms with E-state index in [0.29, 0.717) is 18.1 Å². The average Bonchev–Trinajstić information content (AvgIpc) is 3.20. The molecule has 7 nitrogen and oxygen atoms in total.